The van der Waals surface area contributed by atoms with E-state index >= 15 is 0 Å². The van der Waals surface area contributed by atoms with Crippen molar-refractivity contribution in [3.63, 3.8) is 0 Å². The summed E-state index contributed by atoms with van der Waals surface area (Å²) < 4.78 is 47.7. The third-order valence-electron chi connectivity index (χ3n) is 5.45. The predicted molar refractivity (Wildman–Crippen MR) is 120 cm³/mol. The quantitative estimate of drug-likeness (QED) is 0.228. The zero-order chi connectivity index (χ0) is 23.6. The van der Waals surface area contributed by atoms with E-state index in [1.54, 1.807) is 20.8 Å². The van der Waals surface area contributed by atoms with Gasteiger partial charge in [0.05, 0.1) is 13.2 Å². The average molecular weight is 427 g/mol. The van der Waals surface area contributed by atoms with Crippen LogP contribution in [0.5, 0.6) is 0 Å². The molecule has 0 fully saturated rings. The minimum atomic E-state index is -0.981. The molecule has 0 aromatic rings. The molecule has 0 aromatic heterocycles. The number of hydrogen-bond donors (Lipinski definition) is 1. The van der Waals surface area contributed by atoms with E-state index in [1.165, 1.54) is 13.2 Å². The maximum absolute atomic E-state index is 14.6. The largest absolute Gasteiger partial charge is 0.494 e. The summed E-state index contributed by atoms with van der Waals surface area (Å²) in [6.07, 6.45) is 2.90. The van der Waals surface area contributed by atoms with E-state index in [1.807, 2.05) is 6.92 Å². The van der Waals surface area contributed by atoms with E-state index in [2.05, 4.69) is 26.3 Å². The Hall–Kier alpha value is -2.01. The lowest BCUT2D eigenvalue weighted by Crippen LogP contribution is -2.08. The van der Waals surface area contributed by atoms with Crippen LogP contribution < -0.4 is 0 Å². The van der Waals surface area contributed by atoms with E-state index in [-0.39, 0.29) is 34.7 Å². The van der Waals surface area contributed by atoms with Gasteiger partial charge in [-0.25, -0.2) is 13.2 Å². The van der Waals surface area contributed by atoms with Gasteiger partial charge >= 0.3 is 0 Å². The highest BCUT2D eigenvalue weighted by Gasteiger charge is 2.21. The third-order valence-corrected chi connectivity index (χ3v) is 5.45. The van der Waals surface area contributed by atoms with E-state index in [0.29, 0.717) is 31.3 Å². The number of aliphatic hydroxyl groups excluding tert-OH is 1. The van der Waals surface area contributed by atoms with Gasteiger partial charge in [0.15, 0.2) is 17.5 Å². The average Bonchev–Trinajstić information content (AvgIpc) is 2.72. The molecule has 30 heavy (non-hydrogen) atoms. The number of hydrogen-bond acceptors (Lipinski definition) is 2. The number of methoxy groups -OCH3 is 1. The molecule has 0 aromatic carbocycles. The maximum Gasteiger partial charge on any atom is 0.164 e. The fourth-order valence-electron chi connectivity index (χ4n) is 2.72. The van der Waals surface area contributed by atoms with Crippen LogP contribution in [0.3, 0.4) is 0 Å². The van der Waals surface area contributed by atoms with Crippen LogP contribution in [0.4, 0.5) is 13.2 Å². The van der Waals surface area contributed by atoms with Gasteiger partial charge in [0, 0.05) is 0 Å². The summed E-state index contributed by atoms with van der Waals surface area (Å²) in [5, 5.41) is 9.36. The molecular weight excluding hydrogens is 389 g/mol. The Kier molecular flexibility index (Phi) is 12.4. The molecule has 0 saturated heterocycles. The Morgan fingerprint density at radius 1 is 0.800 bits per heavy atom. The summed E-state index contributed by atoms with van der Waals surface area (Å²) >= 11 is 0. The first kappa shape index (κ1) is 28.0. The lowest BCUT2D eigenvalue weighted by atomic mass is 9.88. The smallest absolute Gasteiger partial charge is 0.164 e. The zero-order valence-electron chi connectivity index (χ0n) is 19.0. The molecule has 0 rings (SSSR count). The first-order valence-corrected chi connectivity index (χ1v) is 10.2. The molecule has 4 atom stereocenters. The molecule has 2 nitrogen and oxygen atoms in total. The lowest BCUT2D eigenvalue weighted by molar-refractivity contribution is 0.177. The second-order valence-electron chi connectivity index (χ2n) is 8.08. The van der Waals surface area contributed by atoms with Crippen LogP contribution >= 0.6 is 0 Å². The van der Waals surface area contributed by atoms with Crippen LogP contribution in [-0.2, 0) is 4.74 Å². The Balaban J connectivity index is 4.95. The van der Waals surface area contributed by atoms with Crippen LogP contribution in [-0.4, -0.2) is 18.3 Å². The summed E-state index contributed by atoms with van der Waals surface area (Å²) in [4.78, 5) is 0. The SMILES string of the molecule is C=C(OC)/C(F)=C\C(=C)C(C)CCC(C)C(=C)/C(F)=C(/F)C(=C)C(C)CCC(C)O. The van der Waals surface area contributed by atoms with Crippen LogP contribution in [0.15, 0.2) is 72.4 Å². The van der Waals surface area contributed by atoms with Gasteiger partial charge in [-0.05, 0) is 73.2 Å². The molecule has 0 spiro atoms. The summed E-state index contributed by atoms with van der Waals surface area (Å²) in [5.74, 6) is -3.30. The molecule has 0 amide bonds. The number of ether oxygens (including phenoxy) is 1. The van der Waals surface area contributed by atoms with Gasteiger partial charge in [-0.1, -0.05) is 47.1 Å². The van der Waals surface area contributed by atoms with Gasteiger partial charge in [0.1, 0.15) is 5.76 Å². The lowest BCUT2D eigenvalue weighted by Gasteiger charge is -2.19. The van der Waals surface area contributed by atoms with E-state index in [4.69, 9.17) is 4.74 Å². The highest BCUT2D eigenvalue weighted by atomic mass is 19.2. The Morgan fingerprint density at radius 3 is 1.60 bits per heavy atom. The number of allylic oxidation sites excluding steroid dienone is 7. The molecule has 0 saturated carbocycles. The molecule has 0 heterocycles. The van der Waals surface area contributed by atoms with Crippen molar-refractivity contribution < 1.29 is 23.0 Å². The topological polar surface area (TPSA) is 29.5 Å². The molecule has 0 aliphatic carbocycles. The van der Waals surface area contributed by atoms with Gasteiger partial charge in [0.25, 0.3) is 0 Å². The van der Waals surface area contributed by atoms with E-state index in [9.17, 15) is 18.3 Å². The first-order chi connectivity index (χ1) is 13.8. The van der Waals surface area contributed by atoms with Crippen LogP contribution in [0, 0.1) is 17.8 Å². The second-order valence-corrected chi connectivity index (χ2v) is 8.08. The summed E-state index contributed by atoms with van der Waals surface area (Å²) in [6, 6.07) is 0. The van der Waals surface area contributed by atoms with Gasteiger partial charge in [0.2, 0.25) is 0 Å². The van der Waals surface area contributed by atoms with Crippen molar-refractivity contribution in [2.75, 3.05) is 7.11 Å². The first-order valence-electron chi connectivity index (χ1n) is 10.2. The van der Waals surface area contributed by atoms with Crippen molar-refractivity contribution in [1.82, 2.24) is 0 Å². The van der Waals surface area contributed by atoms with Gasteiger partial charge in [-0.2, -0.15) is 0 Å². The predicted octanol–water partition coefficient (Wildman–Crippen LogP) is 7.67. The third kappa shape index (κ3) is 9.21. The molecule has 1 N–H and O–H groups in total. The fraction of sp³-hybridized carbons (Fsp3) is 0.520. The highest BCUT2D eigenvalue weighted by Crippen LogP contribution is 2.33. The van der Waals surface area contributed by atoms with Crippen molar-refractivity contribution in [2.24, 2.45) is 17.8 Å². The van der Waals surface area contributed by atoms with Crippen molar-refractivity contribution in [3.05, 3.63) is 72.4 Å². The summed E-state index contributed by atoms with van der Waals surface area (Å²) in [7, 11) is 1.33. The normalized spacial score (nSPS) is 16.8. The van der Waals surface area contributed by atoms with Crippen LogP contribution in [0.2, 0.25) is 0 Å². The summed E-state index contributed by atoms with van der Waals surface area (Å²) in [6.45, 7) is 21.8. The highest BCUT2D eigenvalue weighted by molar-refractivity contribution is 5.37. The van der Waals surface area contributed by atoms with Crippen molar-refractivity contribution >= 4 is 0 Å². The standard InChI is InChI=1S/C25H37F3O2/c1-15(18(4)14-23(26)22(8)30-9)10-11-16(2)20(6)24(27)25(28)21(7)17(3)12-13-19(5)29/h14-17,19,29H,4,6-8,10-13H2,1-3,5,9H3/b23-14+,25-24-. The minimum Gasteiger partial charge on any atom is -0.494 e. The molecule has 170 valence electrons. The van der Waals surface area contributed by atoms with Gasteiger partial charge in [-0.3, -0.25) is 0 Å². The fourth-order valence-corrected chi connectivity index (χ4v) is 2.72. The van der Waals surface area contributed by atoms with E-state index in [0.717, 1.165) is 0 Å². The maximum atomic E-state index is 14.6. The molecular formula is C25H37F3O2. The Labute approximate surface area is 180 Å². The van der Waals surface area contributed by atoms with Crippen molar-refractivity contribution in [3.8, 4) is 0 Å². The Morgan fingerprint density at radius 2 is 1.20 bits per heavy atom. The number of aliphatic hydroxyl groups is 1. The van der Waals surface area contributed by atoms with Gasteiger partial charge in [-0.15, -0.1) is 0 Å². The van der Waals surface area contributed by atoms with Crippen molar-refractivity contribution in [1.29, 1.82) is 0 Å². The number of halogens is 3. The molecule has 0 radical (unpaired) electrons. The molecule has 4 unspecified atom stereocenters. The molecule has 0 aliphatic heterocycles. The van der Waals surface area contributed by atoms with Crippen molar-refractivity contribution in [2.45, 2.75) is 59.5 Å². The van der Waals surface area contributed by atoms with Gasteiger partial charge < -0.3 is 9.84 Å². The number of rotatable bonds is 14. The van der Waals surface area contributed by atoms with E-state index < -0.39 is 23.6 Å². The summed E-state index contributed by atoms with van der Waals surface area (Å²) in [5.41, 5.74) is 0.705. The minimum absolute atomic E-state index is 0.0667. The second kappa shape index (κ2) is 13.3. The molecule has 0 bridgehead atoms. The molecule has 0 aliphatic rings. The zero-order valence-corrected chi connectivity index (χ0v) is 19.0. The monoisotopic (exact) mass is 426 g/mol. The molecule has 5 heteroatoms. The van der Waals surface area contributed by atoms with Crippen LogP contribution in [0.25, 0.3) is 0 Å². The van der Waals surface area contributed by atoms with Crippen LogP contribution in [0.1, 0.15) is 53.4 Å². The Bertz CT molecular complexity index is 701.